The van der Waals surface area contributed by atoms with Gasteiger partial charge in [-0.3, -0.25) is 4.79 Å². The lowest BCUT2D eigenvalue weighted by Gasteiger charge is -2.22. The Kier molecular flexibility index (Phi) is 6.36. The topological polar surface area (TPSA) is 38.3 Å². The predicted octanol–water partition coefficient (Wildman–Crippen LogP) is 3.24. The normalized spacial score (nSPS) is 12.5. The molecule has 0 aliphatic rings. The van der Waals surface area contributed by atoms with Crippen molar-refractivity contribution in [2.24, 2.45) is 5.92 Å². The van der Waals surface area contributed by atoms with E-state index in [2.05, 4.69) is 35.1 Å². The number of halogens is 1. The maximum Gasteiger partial charge on any atom is 0.251 e. The maximum atomic E-state index is 12.1. The highest BCUT2D eigenvalue weighted by atomic mass is 79.9. The van der Waals surface area contributed by atoms with Gasteiger partial charge in [-0.1, -0.05) is 29.8 Å². The average molecular weight is 314 g/mol. The van der Waals surface area contributed by atoms with Gasteiger partial charge in [0.1, 0.15) is 0 Å². The third kappa shape index (κ3) is 4.78. The first kappa shape index (κ1) is 15.2. The molecule has 0 aromatic heterocycles. The van der Waals surface area contributed by atoms with E-state index in [1.807, 2.05) is 19.1 Å². The van der Waals surface area contributed by atoms with Gasteiger partial charge in [0, 0.05) is 16.6 Å². The van der Waals surface area contributed by atoms with Crippen molar-refractivity contribution in [3.8, 4) is 0 Å². The van der Waals surface area contributed by atoms with E-state index in [-0.39, 0.29) is 11.9 Å². The molecular formula is C14H20BrNO2. The summed E-state index contributed by atoms with van der Waals surface area (Å²) in [5.74, 6) is 0.289. The number of amides is 1. The van der Waals surface area contributed by atoms with Crippen LogP contribution >= 0.6 is 15.9 Å². The van der Waals surface area contributed by atoms with Gasteiger partial charge in [-0.25, -0.2) is 0 Å². The molecule has 0 aliphatic carbocycles. The van der Waals surface area contributed by atoms with E-state index < -0.39 is 0 Å². The Morgan fingerprint density at radius 3 is 2.44 bits per heavy atom. The van der Waals surface area contributed by atoms with Crippen LogP contribution in [-0.4, -0.2) is 25.2 Å². The molecule has 1 N–H and O–H groups in total. The van der Waals surface area contributed by atoms with E-state index in [0.29, 0.717) is 24.7 Å². The summed E-state index contributed by atoms with van der Waals surface area (Å²) in [5.41, 5.74) is 0.667. The van der Waals surface area contributed by atoms with E-state index in [9.17, 15) is 4.79 Å². The highest BCUT2D eigenvalue weighted by molar-refractivity contribution is 9.10. The van der Waals surface area contributed by atoms with Gasteiger partial charge in [0.15, 0.2) is 0 Å². The Morgan fingerprint density at radius 1 is 1.33 bits per heavy atom. The van der Waals surface area contributed by atoms with E-state index in [4.69, 9.17) is 4.74 Å². The van der Waals surface area contributed by atoms with Crippen molar-refractivity contribution in [1.29, 1.82) is 0 Å². The number of nitrogens with one attached hydrogen (secondary N) is 1. The molecule has 18 heavy (non-hydrogen) atoms. The summed E-state index contributed by atoms with van der Waals surface area (Å²) in [6.45, 7) is 7.32. The zero-order valence-electron chi connectivity index (χ0n) is 11.1. The molecule has 0 heterocycles. The number of ether oxygens (including phenoxy) is 1. The van der Waals surface area contributed by atoms with Crippen LogP contribution < -0.4 is 5.32 Å². The van der Waals surface area contributed by atoms with Gasteiger partial charge in [0.2, 0.25) is 0 Å². The molecule has 3 nitrogen and oxygen atoms in total. The molecular weight excluding hydrogens is 294 g/mol. The van der Waals surface area contributed by atoms with Crippen molar-refractivity contribution in [3.05, 3.63) is 34.3 Å². The molecule has 100 valence electrons. The van der Waals surface area contributed by atoms with Gasteiger partial charge in [-0.15, -0.1) is 0 Å². The Bertz CT molecular complexity index is 376. The SMILES string of the molecule is CCOCC(NC(=O)c1ccc(Br)cc1)C(C)C. The van der Waals surface area contributed by atoms with E-state index in [0.717, 1.165) is 4.47 Å². The van der Waals surface area contributed by atoms with Crippen LogP contribution in [0.15, 0.2) is 28.7 Å². The standard InChI is InChI=1S/C14H20BrNO2/c1-4-18-9-13(10(2)3)16-14(17)11-5-7-12(15)8-6-11/h5-8,10,13H,4,9H2,1-3H3,(H,16,17). The first-order valence-electron chi connectivity index (χ1n) is 6.18. The van der Waals surface area contributed by atoms with Gasteiger partial charge in [-0.2, -0.15) is 0 Å². The average Bonchev–Trinajstić information content (AvgIpc) is 2.34. The zero-order chi connectivity index (χ0) is 13.5. The van der Waals surface area contributed by atoms with Crippen LogP contribution in [0, 0.1) is 5.92 Å². The fourth-order valence-electron chi connectivity index (χ4n) is 1.50. The second-order valence-corrected chi connectivity index (χ2v) is 5.41. The van der Waals surface area contributed by atoms with Crippen LogP contribution in [0.4, 0.5) is 0 Å². The monoisotopic (exact) mass is 313 g/mol. The fraction of sp³-hybridized carbons (Fsp3) is 0.500. The molecule has 1 atom stereocenters. The lowest BCUT2D eigenvalue weighted by Crippen LogP contribution is -2.41. The van der Waals surface area contributed by atoms with E-state index in [1.165, 1.54) is 0 Å². The van der Waals surface area contributed by atoms with Crippen molar-refractivity contribution < 1.29 is 9.53 Å². The Morgan fingerprint density at radius 2 is 1.94 bits per heavy atom. The second-order valence-electron chi connectivity index (χ2n) is 4.49. The second kappa shape index (κ2) is 7.54. The quantitative estimate of drug-likeness (QED) is 0.875. The minimum Gasteiger partial charge on any atom is -0.380 e. The van der Waals surface area contributed by atoms with Crippen molar-refractivity contribution >= 4 is 21.8 Å². The summed E-state index contributed by atoms with van der Waals surface area (Å²) >= 11 is 3.35. The largest absolute Gasteiger partial charge is 0.380 e. The Labute approximate surface area is 117 Å². The molecule has 0 aliphatic heterocycles. The summed E-state index contributed by atoms with van der Waals surface area (Å²) in [7, 11) is 0. The summed E-state index contributed by atoms with van der Waals surface area (Å²) in [4.78, 5) is 12.1. The molecule has 1 rings (SSSR count). The smallest absolute Gasteiger partial charge is 0.251 e. The van der Waals surface area contributed by atoms with Gasteiger partial charge in [0.25, 0.3) is 5.91 Å². The summed E-state index contributed by atoms with van der Waals surface area (Å²) in [6.07, 6.45) is 0. The van der Waals surface area contributed by atoms with Crippen molar-refractivity contribution in [3.63, 3.8) is 0 Å². The van der Waals surface area contributed by atoms with Gasteiger partial charge >= 0.3 is 0 Å². The Hall–Kier alpha value is -0.870. The molecule has 1 unspecified atom stereocenters. The molecule has 0 fully saturated rings. The minimum absolute atomic E-state index is 0.0427. The molecule has 0 bridgehead atoms. The molecule has 1 amide bonds. The van der Waals surface area contributed by atoms with Crippen molar-refractivity contribution in [2.45, 2.75) is 26.8 Å². The first-order valence-corrected chi connectivity index (χ1v) is 6.98. The highest BCUT2D eigenvalue weighted by Gasteiger charge is 2.17. The molecule has 0 spiro atoms. The number of carbonyl (C=O) groups is 1. The molecule has 0 radical (unpaired) electrons. The first-order chi connectivity index (χ1) is 8.54. The summed E-state index contributed by atoms with van der Waals surface area (Å²) in [6, 6.07) is 7.37. The minimum atomic E-state index is -0.0547. The third-order valence-electron chi connectivity index (χ3n) is 2.73. The molecule has 1 aromatic rings. The third-order valence-corrected chi connectivity index (χ3v) is 3.26. The van der Waals surface area contributed by atoms with Crippen LogP contribution in [-0.2, 0) is 4.74 Å². The van der Waals surface area contributed by atoms with Crippen LogP contribution in [0.3, 0.4) is 0 Å². The maximum absolute atomic E-state index is 12.1. The molecule has 0 saturated carbocycles. The van der Waals surface area contributed by atoms with Crippen LogP contribution in [0.25, 0.3) is 0 Å². The van der Waals surface area contributed by atoms with Gasteiger partial charge in [-0.05, 0) is 37.1 Å². The van der Waals surface area contributed by atoms with E-state index >= 15 is 0 Å². The number of benzene rings is 1. The van der Waals surface area contributed by atoms with Crippen molar-refractivity contribution in [1.82, 2.24) is 5.32 Å². The number of hydrogen-bond acceptors (Lipinski definition) is 2. The number of hydrogen-bond donors (Lipinski definition) is 1. The van der Waals surface area contributed by atoms with Gasteiger partial charge in [0.05, 0.1) is 12.6 Å². The fourth-order valence-corrected chi connectivity index (χ4v) is 1.76. The molecule has 1 aromatic carbocycles. The summed E-state index contributed by atoms with van der Waals surface area (Å²) in [5, 5.41) is 3.01. The van der Waals surface area contributed by atoms with Crippen LogP contribution in [0.5, 0.6) is 0 Å². The van der Waals surface area contributed by atoms with Gasteiger partial charge < -0.3 is 10.1 Å². The number of rotatable bonds is 6. The highest BCUT2D eigenvalue weighted by Crippen LogP contribution is 2.11. The van der Waals surface area contributed by atoms with Crippen LogP contribution in [0.2, 0.25) is 0 Å². The molecule has 0 saturated heterocycles. The summed E-state index contributed by atoms with van der Waals surface area (Å²) < 4.78 is 6.36. The molecule has 4 heteroatoms. The predicted molar refractivity (Wildman–Crippen MR) is 76.7 cm³/mol. The van der Waals surface area contributed by atoms with Crippen molar-refractivity contribution in [2.75, 3.05) is 13.2 Å². The number of carbonyl (C=O) groups excluding carboxylic acids is 1. The lowest BCUT2D eigenvalue weighted by atomic mass is 10.0. The van der Waals surface area contributed by atoms with E-state index in [1.54, 1.807) is 12.1 Å². The van der Waals surface area contributed by atoms with Crippen LogP contribution in [0.1, 0.15) is 31.1 Å². The Balaban J connectivity index is 2.63. The zero-order valence-corrected chi connectivity index (χ0v) is 12.7. The lowest BCUT2D eigenvalue weighted by molar-refractivity contribution is 0.0806.